The van der Waals surface area contributed by atoms with Crippen LogP contribution in [0.3, 0.4) is 0 Å². The number of hydrogen-bond donors (Lipinski definition) is 0. The van der Waals surface area contributed by atoms with Crippen LogP contribution >= 0.6 is 15.9 Å². The summed E-state index contributed by atoms with van der Waals surface area (Å²) in [6.45, 7) is 2.62. The number of halogens is 1. The highest BCUT2D eigenvalue weighted by Crippen LogP contribution is 2.23. The van der Waals surface area contributed by atoms with E-state index in [4.69, 9.17) is 9.47 Å². The summed E-state index contributed by atoms with van der Waals surface area (Å²) >= 11 is 3.32. The van der Waals surface area contributed by atoms with Crippen molar-refractivity contribution in [2.45, 2.75) is 6.92 Å². The molecule has 2 rings (SSSR count). The third-order valence-corrected chi connectivity index (χ3v) is 2.53. The number of nitrogens with zero attached hydrogens (tertiary/aromatic N) is 1. The van der Waals surface area contributed by atoms with Gasteiger partial charge in [0, 0.05) is 16.7 Å². The van der Waals surface area contributed by atoms with Crippen molar-refractivity contribution in [1.82, 2.24) is 4.98 Å². The normalized spacial score (nSPS) is 10.0. The van der Waals surface area contributed by atoms with Gasteiger partial charge in [-0.25, -0.2) is 4.98 Å². The van der Waals surface area contributed by atoms with Gasteiger partial charge in [-0.05, 0) is 53.2 Å². The lowest BCUT2D eigenvalue weighted by Crippen LogP contribution is -1.91. The van der Waals surface area contributed by atoms with Crippen LogP contribution in [0.5, 0.6) is 17.4 Å². The molecule has 17 heavy (non-hydrogen) atoms. The summed E-state index contributed by atoms with van der Waals surface area (Å²) in [5, 5.41) is 0. The molecule has 0 unspecified atom stereocenters. The van der Waals surface area contributed by atoms with E-state index in [1.807, 2.05) is 37.3 Å². The number of hydrogen-bond acceptors (Lipinski definition) is 3. The number of aromatic nitrogens is 1. The average Bonchev–Trinajstić information content (AvgIpc) is 2.35. The molecule has 0 spiro atoms. The SMILES string of the molecule is CCOc1ccc(Oc2ccc(Br)cn2)cc1. The Morgan fingerprint density at radius 1 is 1.06 bits per heavy atom. The molecule has 0 saturated heterocycles. The second-order valence-electron chi connectivity index (χ2n) is 3.32. The quantitative estimate of drug-likeness (QED) is 0.853. The Labute approximate surface area is 109 Å². The van der Waals surface area contributed by atoms with Crippen molar-refractivity contribution in [2.24, 2.45) is 0 Å². The Hall–Kier alpha value is -1.55. The highest BCUT2D eigenvalue weighted by atomic mass is 79.9. The molecule has 0 N–H and O–H groups in total. The van der Waals surface area contributed by atoms with Crippen LogP contribution in [0.4, 0.5) is 0 Å². The Balaban J connectivity index is 2.05. The monoisotopic (exact) mass is 293 g/mol. The van der Waals surface area contributed by atoms with Gasteiger partial charge in [-0.3, -0.25) is 0 Å². The van der Waals surface area contributed by atoms with E-state index < -0.39 is 0 Å². The third-order valence-electron chi connectivity index (χ3n) is 2.06. The summed E-state index contributed by atoms with van der Waals surface area (Å²) in [6, 6.07) is 11.1. The van der Waals surface area contributed by atoms with E-state index in [0.717, 1.165) is 16.0 Å². The molecular formula is C13H12BrNO2. The van der Waals surface area contributed by atoms with Gasteiger partial charge in [0.25, 0.3) is 0 Å². The van der Waals surface area contributed by atoms with E-state index in [-0.39, 0.29) is 0 Å². The summed E-state index contributed by atoms with van der Waals surface area (Å²) in [4.78, 5) is 4.13. The van der Waals surface area contributed by atoms with Crippen molar-refractivity contribution in [2.75, 3.05) is 6.61 Å². The lowest BCUT2D eigenvalue weighted by atomic mass is 10.3. The molecule has 1 aromatic heterocycles. The summed E-state index contributed by atoms with van der Waals surface area (Å²) in [5.41, 5.74) is 0. The van der Waals surface area contributed by atoms with E-state index in [0.29, 0.717) is 12.5 Å². The van der Waals surface area contributed by atoms with Crippen molar-refractivity contribution in [3.8, 4) is 17.4 Å². The van der Waals surface area contributed by atoms with Gasteiger partial charge in [0.2, 0.25) is 5.88 Å². The van der Waals surface area contributed by atoms with E-state index in [1.54, 1.807) is 12.3 Å². The van der Waals surface area contributed by atoms with Crippen LogP contribution in [-0.4, -0.2) is 11.6 Å². The van der Waals surface area contributed by atoms with E-state index in [9.17, 15) is 0 Å². The molecule has 0 atom stereocenters. The molecule has 0 bridgehead atoms. The number of pyridine rings is 1. The maximum Gasteiger partial charge on any atom is 0.219 e. The van der Waals surface area contributed by atoms with Crippen molar-refractivity contribution >= 4 is 15.9 Å². The lowest BCUT2D eigenvalue weighted by molar-refractivity contribution is 0.339. The van der Waals surface area contributed by atoms with Crippen LogP contribution in [0, 0.1) is 0 Å². The second kappa shape index (κ2) is 5.68. The summed E-state index contributed by atoms with van der Waals surface area (Å²) < 4.78 is 11.9. The maximum atomic E-state index is 5.58. The Bertz CT molecular complexity index is 468. The van der Waals surface area contributed by atoms with Gasteiger partial charge < -0.3 is 9.47 Å². The average molecular weight is 294 g/mol. The topological polar surface area (TPSA) is 31.4 Å². The van der Waals surface area contributed by atoms with Crippen LogP contribution in [-0.2, 0) is 0 Å². The molecule has 0 aliphatic carbocycles. The number of benzene rings is 1. The maximum absolute atomic E-state index is 5.58. The van der Waals surface area contributed by atoms with E-state index >= 15 is 0 Å². The second-order valence-corrected chi connectivity index (χ2v) is 4.24. The fraction of sp³-hybridized carbons (Fsp3) is 0.154. The largest absolute Gasteiger partial charge is 0.494 e. The minimum Gasteiger partial charge on any atom is -0.494 e. The standard InChI is InChI=1S/C13H12BrNO2/c1-2-16-11-4-6-12(7-5-11)17-13-8-3-10(14)9-15-13/h3-9H,2H2,1H3. The highest BCUT2D eigenvalue weighted by Gasteiger charge is 1.99. The van der Waals surface area contributed by atoms with Crippen LogP contribution < -0.4 is 9.47 Å². The smallest absolute Gasteiger partial charge is 0.219 e. The lowest BCUT2D eigenvalue weighted by Gasteiger charge is -2.06. The molecule has 0 radical (unpaired) electrons. The molecule has 1 heterocycles. The number of ether oxygens (including phenoxy) is 2. The van der Waals surface area contributed by atoms with Gasteiger partial charge >= 0.3 is 0 Å². The first-order chi connectivity index (χ1) is 8.28. The fourth-order valence-electron chi connectivity index (χ4n) is 1.31. The van der Waals surface area contributed by atoms with Crippen LogP contribution in [0.1, 0.15) is 6.92 Å². The fourth-order valence-corrected chi connectivity index (χ4v) is 1.55. The van der Waals surface area contributed by atoms with Crippen molar-refractivity contribution < 1.29 is 9.47 Å². The van der Waals surface area contributed by atoms with Crippen LogP contribution in [0.15, 0.2) is 47.1 Å². The first kappa shape index (κ1) is 11.9. The summed E-state index contributed by atoms with van der Waals surface area (Å²) in [6.07, 6.45) is 1.70. The minimum absolute atomic E-state index is 0.567. The zero-order valence-electron chi connectivity index (χ0n) is 9.39. The molecule has 1 aromatic carbocycles. The predicted octanol–water partition coefficient (Wildman–Crippen LogP) is 4.04. The van der Waals surface area contributed by atoms with Gasteiger partial charge in [0.05, 0.1) is 6.61 Å². The molecule has 88 valence electrons. The van der Waals surface area contributed by atoms with Gasteiger partial charge in [0.15, 0.2) is 0 Å². The molecule has 0 amide bonds. The first-order valence-electron chi connectivity index (χ1n) is 5.30. The minimum atomic E-state index is 0.567. The van der Waals surface area contributed by atoms with Gasteiger partial charge in [-0.2, -0.15) is 0 Å². The van der Waals surface area contributed by atoms with E-state index in [2.05, 4.69) is 20.9 Å². The van der Waals surface area contributed by atoms with Crippen molar-refractivity contribution in [3.63, 3.8) is 0 Å². The molecule has 4 heteroatoms. The molecule has 0 aliphatic rings. The first-order valence-corrected chi connectivity index (χ1v) is 6.09. The van der Waals surface area contributed by atoms with Crippen LogP contribution in [0.25, 0.3) is 0 Å². The van der Waals surface area contributed by atoms with Crippen molar-refractivity contribution in [3.05, 3.63) is 47.1 Å². The highest BCUT2D eigenvalue weighted by molar-refractivity contribution is 9.10. The molecule has 2 aromatic rings. The van der Waals surface area contributed by atoms with Gasteiger partial charge in [-0.1, -0.05) is 0 Å². The Morgan fingerprint density at radius 3 is 2.35 bits per heavy atom. The Kier molecular flexibility index (Phi) is 3.98. The molecule has 0 fully saturated rings. The van der Waals surface area contributed by atoms with Gasteiger partial charge in [-0.15, -0.1) is 0 Å². The summed E-state index contributed by atoms with van der Waals surface area (Å²) in [5.74, 6) is 2.14. The Morgan fingerprint density at radius 2 is 1.76 bits per heavy atom. The zero-order valence-corrected chi connectivity index (χ0v) is 11.0. The van der Waals surface area contributed by atoms with Crippen molar-refractivity contribution in [1.29, 1.82) is 0 Å². The molecular weight excluding hydrogens is 282 g/mol. The molecule has 0 saturated carbocycles. The zero-order chi connectivity index (χ0) is 12.1. The number of rotatable bonds is 4. The summed E-state index contributed by atoms with van der Waals surface area (Å²) in [7, 11) is 0. The third kappa shape index (κ3) is 3.46. The van der Waals surface area contributed by atoms with E-state index in [1.165, 1.54) is 0 Å². The predicted molar refractivity (Wildman–Crippen MR) is 69.6 cm³/mol. The molecule has 3 nitrogen and oxygen atoms in total. The molecule has 0 aliphatic heterocycles. The van der Waals surface area contributed by atoms with Gasteiger partial charge in [0.1, 0.15) is 11.5 Å². The van der Waals surface area contributed by atoms with Crippen LogP contribution in [0.2, 0.25) is 0 Å².